The summed E-state index contributed by atoms with van der Waals surface area (Å²) in [4.78, 5) is 2.42. The molecule has 0 saturated carbocycles. The van der Waals surface area contributed by atoms with Gasteiger partial charge in [-0.15, -0.1) is 0 Å². The molecule has 0 heterocycles. The summed E-state index contributed by atoms with van der Waals surface area (Å²) < 4.78 is 0. The van der Waals surface area contributed by atoms with E-state index in [1.165, 1.54) is 88.0 Å². The van der Waals surface area contributed by atoms with Crippen LogP contribution in [0.4, 0.5) is 17.1 Å². The lowest BCUT2D eigenvalue weighted by Gasteiger charge is -2.28. The lowest BCUT2D eigenvalue weighted by atomic mass is 9.81. The smallest absolute Gasteiger partial charge is 0.0468 e. The van der Waals surface area contributed by atoms with Gasteiger partial charge in [0.25, 0.3) is 0 Å². The average molecular weight is 776 g/mol. The maximum atomic E-state index is 2.43. The second kappa shape index (κ2) is 15.6. The Morgan fingerprint density at radius 2 is 0.623 bits per heavy atom. The van der Waals surface area contributed by atoms with Crippen molar-refractivity contribution in [2.45, 2.75) is 0 Å². The fraction of sp³-hybridized carbons (Fsp3) is 0. The molecule has 0 amide bonds. The summed E-state index contributed by atoms with van der Waals surface area (Å²) in [5, 5.41) is 7.43. The fourth-order valence-electron chi connectivity index (χ4n) is 9.23. The maximum Gasteiger partial charge on any atom is 0.0468 e. The van der Waals surface area contributed by atoms with E-state index in [1.807, 2.05) is 0 Å². The van der Waals surface area contributed by atoms with Crippen molar-refractivity contribution in [1.29, 1.82) is 0 Å². The molecule has 11 rings (SSSR count). The molecule has 286 valence electrons. The van der Waals surface area contributed by atoms with Crippen molar-refractivity contribution < 1.29 is 0 Å². The van der Waals surface area contributed by atoms with Gasteiger partial charge in [-0.1, -0.05) is 206 Å². The van der Waals surface area contributed by atoms with E-state index in [0.717, 1.165) is 17.1 Å². The molecular formula is C60H41N. The molecule has 11 aromatic carbocycles. The van der Waals surface area contributed by atoms with Crippen LogP contribution in [-0.4, -0.2) is 0 Å². The molecule has 0 unspecified atom stereocenters. The van der Waals surface area contributed by atoms with E-state index in [1.54, 1.807) is 0 Å². The Balaban J connectivity index is 1.24. The summed E-state index contributed by atoms with van der Waals surface area (Å²) in [6, 6.07) is 90.5. The van der Waals surface area contributed by atoms with Crippen LogP contribution in [0.2, 0.25) is 0 Å². The summed E-state index contributed by atoms with van der Waals surface area (Å²) in [7, 11) is 0. The monoisotopic (exact) mass is 775 g/mol. The predicted octanol–water partition coefficient (Wildman–Crippen LogP) is 17.0. The molecule has 1 heteroatoms. The van der Waals surface area contributed by atoms with E-state index in [9.17, 15) is 0 Å². The zero-order valence-electron chi connectivity index (χ0n) is 33.6. The Morgan fingerprint density at radius 1 is 0.213 bits per heavy atom. The number of anilines is 3. The highest BCUT2D eigenvalue weighted by molar-refractivity contribution is 6.33. The first-order valence-electron chi connectivity index (χ1n) is 21.0. The number of nitrogens with zero attached hydrogens (tertiary/aromatic N) is 1. The Kier molecular flexibility index (Phi) is 9.26. The van der Waals surface area contributed by atoms with Crippen LogP contribution in [0, 0.1) is 0 Å². The summed E-state index contributed by atoms with van der Waals surface area (Å²) >= 11 is 0. The van der Waals surface area contributed by atoms with Gasteiger partial charge in [0.2, 0.25) is 0 Å². The molecule has 61 heavy (non-hydrogen) atoms. The largest absolute Gasteiger partial charge is 0.310 e. The zero-order valence-corrected chi connectivity index (χ0v) is 33.6. The molecule has 0 aliphatic rings. The Morgan fingerprint density at radius 3 is 1.16 bits per heavy atom. The van der Waals surface area contributed by atoms with E-state index in [0.29, 0.717) is 0 Å². The summed E-state index contributed by atoms with van der Waals surface area (Å²) in [5.41, 5.74) is 15.3. The lowest BCUT2D eigenvalue weighted by Crippen LogP contribution is -2.10. The Hall–Kier alpha value is -8.00. The molecule has 11 aromatic rings. The third kappa shape index (κ3) is 6.63. The first-order valence-corrected chi connectivity index (χ1v) is 21.0. The first-order chi connectivity index (χ1) is 30.3. The molecule has 1 nitrogen and oxygen atoms in total. The highest BCUT2D eigenvalue weighted by Crippen LogP contribution is 2.50. The second-order valence-corrected chi connectivity index (χ2v) is 15.6. The van der Waals surface area contributed by atoms with Gasteiger partial charge in [0.15, 0.2) is 0 Å². The molecule has 0 aliphatic carbocycles. The van der Waals surface area contributed by atoms with Crippen LogP contribution >= 0.6 is 0 Å². The number of hydrogen-bond donors (Lipinski definition) is 0. The minimum absolute atomic E-state index is 1.09. The number of hydrogen-bond acceptors (Lipinski definition) is 1. The number of rotatable bonds is 8. The molecule has 0 N–H and O–H groups in total. The summed E-state index contributed by atoms with van der Waals surface area (Å²) in [6.45, 7) is 0. The average Bonchev–Trinajstić information content (AvgIpc) is 3.35. The lowest BCUT2D eigenvalue weighted by molar-refractivity contribution is 1.29. The summed E-state index contributed by atoms with van der Waals surface area (Å²) in [6.07, 6.45) is 0. The van der Waals surface area contributed by atoms with Gasteiger partial charge in [-0.05, 0) is 130 Å². The molecule has 0 aromatic heterocycles. The molecule has 0 saturated heterocycles. The van der Waals surface area contributed by atoms with Crippen molar-refractivity contribution in [3.05, 3.63) is 249 Å². The maximum absolute atomic E-state index is 2.43. The van der Waals surface area contributed by atoms with Crippen molar-refractivity contribution in [2.24, 2.45) is 0 Å². The van der Waals surface area contributed by atoms with Crippen LogP contribution < -0.4 is 4.90 Å². The standard InChI is InChI=1S/C60H41N/c1-6-20-42(21-7-1)47-30-18-32-49(38-47)61(50-33-19-31-48(39-50)43-22-8-2-9-23-43)51-36-37-54-57(40-51)52-34-16-17-35-53(52)59-56(45-26-12-4-13-27-45)41-55(44-24-10-3-11-25-44)58(60(54)59)46-28-14-5-15-29-46/h1-41H. The zero-order chi connectivity index (χ0) is 40.5. The van der Waals surface area contributed by atoms with Crippen LogP contribution in [0.3, 0.4) is 0 Å². The van der Waals surface area contributed by atoms with E-state index in [4.69, 9.17) is 0 Å². The van der Waals surface area contributed by atoms with E-state index in [-0.39, 0.29) is 0 Å². The minimum atomic E-state index is 1.09. The van der Waals surface area contributed by atoms with Crippen molar-refractivity contribution in [2.75, 3.05) is 4.90 Å². The van der Waals surface area contributed by atoms with Gasteiger partial charge in [0, 0.05) is 17.1 Å². The highest BCUT2D eigenvalue weighted by atomic mass is 15.1. The summed E-state index contributed by atoms with van der Waals surface area (Å²) in [5.74, 6) is 0. The van der Waals surface area contributed by atoms with E-state index in [2.05, 4.69) is 254 Å². The van der Waals surface area contributed by atoms with Crippen molar-refractivity contribution in [1.82, 2.24) is 0 Å². The van der Waals surface area contributed by atoms with Crippen molar-refractivity contribution >= 4 is 49.4 Å². The van der Waals surface area contributed by atoms with Crippen LogP contribution in [-0.2, 0) is 0 Å². The van der Waals surface area contributed by atoms with Crippen molar-refractivity contribution in [3.8, 4) is 55.6 Å². The topological polar surface area (TPSA) is 3.24 Å². The Bertz CT molecular complexity index is 3240. The molecule has 0 radical (unpaired) electrons. The molecular weight excluding hydrogens is 735 g/mol. The first kappa shape index (κ1) is 36.1. The van der Waals surface area contributed by atoms with Gasteiger partial charge in [0.05, 0.1) is 0 Å². The highest BCUT2D eigenvalue weighted by Gasteiger charge is 2.23. The van der Waals surface area contributed by atoms with Gasteiger partial charge < -0.3 is 4.90 Å². The van der Waals surface area contributed by atoms with Gasteiger partial charge in [-0.2, -0.15) is 0 Å². The van der Waals surface area contributed by atoms with E-state index < -0.39 is 0 Å². The molecule has 0 aliphatic heterocycles. The molecule has 0 spiro atoms. The number of fused-ring (bicyclic) bond motifs is 6. The van der Waals surface area contributed by atoms with Crippen LogP contribution in [0.5, 0.6) is 0 Å². The Labute approximate surface area is 357 Å². The minimum Gasteiger partial charge on any atom is -0.310 e. The third-order valence-electron chi connectivity index (χ3n) is 12.0. The van der Waals surface area contributed by atoms with Gasteiger partial charge in [0.1, 0.15) is 0 Å². The van der Waals surface area contributed by atoms with Gasteiger partial charge in [-0.3, -0.25) is 0 Å². The van der Waals surface area contributed by atoms with Gasteiger partial charge in [-0.25, -0.2) is 0 Å². The normalized spacial score (nSPS) is 11.3. The SMILES string of the molecule is c1ccc(-c2cccc(N(c3cccc(-c4ccccc4)c3)c3ccc4c(c3)c3ccccc3c3c(-c5ccccc5)cc(-c5ccccc5)c(-c5ccccc5)c43)c2)cc1. The van der Waals surface area contributed by atoms with E-state index >= 15 is 0 Å². The molecule has 0 bridgehead atoms. The van der Waals surface area contributed by atoms with Crippen LogP contribution in [0.15, 0.2) is 249 Å². The molecule has 0 fully saturated rings. The second-order valence-electron chi connectivity index (χ2n) is 15.6. The number of benzene rings is 11. The molecule has 0 atom stereocenters. The predicted molar refractivity (Wildman–Crippen MR) is 261 cm³/mol. The van der Waals surface area contributed by atoms with Crippen LogP contribution in [0.1, 0.15) is 0 Å². The quantitative estimate of drug-likeness (QED) is 0.139. The van der Waals surface area contributed by atoms with Gasteiger partial charge >= 0.3 is 0 Å². The van der Waals surface area contributed by atoms with Crippen molar-refractivity contribution in [3.63, 3.8) is 0 Å². The fourth-order valence-corrected chi connectivity index (χ4v) is 9.23. The van der Waals surface area contributed by atoms with Crippen LogP contribution in [0.25, 0.3) is 88.0 Å². The third-order valence-corrected chi connectivity index (χ3v) is 12.0.